The van der Waals surface area contributed by atoms with Crippen LogP contribution >= 0.6 is 0 Å². The summed E-state index contributed by atoms with van der Waals surface area (Å²) in [6.07, 6.45) is -7.19. The molecule has 1 aromatic carbocycles. The van der Waals surface area contributed by atoms with E-state index in [0.29, 0.717) is 5.56 Å². The maximum atomic E-state index is 11.7. The summed E-state index contributed by atoms with van der Waals surface area (Å²) in [5.74, 6) is -3.38. The summed E-state index contributed by atoms with van der Waals surface area (Å²) in [4.78, 5) is 22.7. The van der Waals surface area contributed by atoms with Crippen LogP contribution in [0, 0.1) is 0 Å². The zero-order valence-electron chi connectivity index (χ0n) is 12.6. The second-order valence-electron chi connectivity index (χ2n) is 5.25. The predicted molar refractivity (Wildman–Crippen MR) is 79.2 cm³/mol. The molecule has 10 heteroatoms. The number of phenolic OH excluding ortho intramolecular Hbond substituents is 2. The van der Waals surface area contributed by atoms with E-state index in [4.69, 9.17) is 14.6 Å². The number of carboxylic acids is 1. The third-order valence-electron chi connectivity index (χ3n) is 3.46. The summed E-state index contributed by atoms with van der Waals surface area (Å²) in [6.45, 7) is 0. The number of carboxylic acid groups (broad SMARTS) is 1. The Kier molecular flexibility index (Phi) is 5.59. The first kappa shape index (κ1) is 18.7. The minimum absolute atomic E-state index is 0.342. The second kappa shape index (κ2) is 7.49. The van der Waals surface area contributed by atoms with Crippen LogP contribution in [0.3, 0.4) is 0 Å². The van der Waals surface area contributed by atoms with Gasteiger partial charge in [-0.05, 0) is 23.8 Å². The van der Waals surface area contributed by atoms with Crippen molar-refractivity contribution in [2.75, 3.05) is 0 Å². The van der Waals surface area contributed by atoms with E-state index in [9.17, 15) is 35.1 Å². The van der Waals surface area contributed by atoms with E-state index in [-0.39, 0.29) is 5.75 Å². The van der Waals surface area contributed by atoms with Gasteiger partial charge in [-0.15, -0.1) is 0 Å². The lowest BCUT2D eigenvalue weighted by Crippen LogP contribution is -2.60. The number of hydrogen-bond acceptors (Lipinski definition) is 9. The molecule has 1 aliphatic heterocycles. The first-order valence-electron chi connectivity index (χ1n) is 7.04. The highest BCUT2D eigenvalue weighted by molar-refractivity contribution is 5.87. The highest BCUT2D eigenvalue weighted by Gasteiger charge is 2.48. The number of carbonyl (C=O) groups excluding carboxylic acids is 1. The number of rotatable bonds is 4. The monoisotopic (exact) mass is 356 g/mol. The number of aliphatic hydroxyl groups is 3. The van der Waals surface area contributed by atoms with Gasteiger partial charge in [-0.3, -0.25) is 0 Å². The van der Waals surface area contributed by atoms with Crippen molar-refractivity contribution < 1.29 is 49.7 Å². The van der Waals surface area contributed by atoms with Gasteiger partial charge >= 0.3 is 11.9 Å². The first-order valence-corrected chi connectivity index (χ1v) is 7.04. The third kappa shape index (κ3) is 4.25. The Bertz CT molecular complexity index is 685. The number of carbonyl (C=O) groups is 2. The van der Waals surface area contributed by atoms with E-state index >= 15 is 0 Å². The fourth-order valence-electron chi connectivity index (χ4n) is 2.11. The lowest BCUT2D eigenvalue weighted by Gasteiger charge is -2.37. The predicted octanol–water partition coefficient (Wildman–Crippen LogP) is -1.45. The SMILES string of the molecule is O=C(C=Cc1ccc(O)c(O)c1)OC1OC(C(=O)O)C(O)C(O)C1O. The molecule has 0 amide bonds. The molecule has 0 aliphatic carbocycles. The summed E-state index contributed by atoms with van der Waals surface area (Å²) < 4.78 is 9.52. The molecule has 5 unspecified atom stereocenters. The van der Waals surface area contributed by atoms with Crippen LogP contribution in [0.2, 0.25) is 0 Å². The molecule has 5 atom stereocenters. The summed E-state index contributed by atoms with van der Waals surface area (Å²) in [6, 6.07) is 3.76. The van der Waals surface area contributed by atoms with Gasteiger partial charge in [0, 0.05) is 6.08 Å². The lowest BCUT2D eigenvalue weighted by atomic mass is 9.99. The highest BCUT2D eigenvalue weighted by Crippen LogP contribution is 2.26. The number of esters is 1. The van der Waals surface area contributed by atoms with Crippen LogP contribution in [0.1, 0.15) is 5.56 Å². The number of aromatic hydroxyl groups is 2. The largest absolute Gasteiger partial charge is 0.504 e. The smallest absolute Gasteiger partial charge is 0.335 e. The van der Waals surface area contributed by atoms with Crippen LogP contribution in [-0.2, 0) is 19.1 Å². The van der Waals surface area contributed by atoms with Gasteiger partial charge in [0.25, 0.3) is 0 Å². The normalized spacial score (nSPS) is 29.5. The average molecular weight is 356 g/mol. The fourth-order valence-corrected chi connectivity index (χ4v) is 2.11. The summed E-state index contributed by atoms with van der Waals surface area (Å²) in [7, 11) is 0. The molecule has 1 aromatic rings. The van der Waals surface area contributed by atoms with Crippen molar-refractivity contribution in [2.45, 2.75) is 30.7 Å². The minimum atomic E-state index is -1.89. The minimum Gasteiger partial charge on any atom is -0.504 e. The van der Waals surface area contributed by atoms with Gasteiger partial charge in [0.05, 0.1) is 0 Å². The maximum absolute atomic E-state index is 11.7. The van der Waals surface area contributed by atoms with E-state index in [1.54, 1.807) is 0 Å². The molecule has 0 saturated carbocycles. The summed E-state index contributed by atoms with van der Waals surface area (Å²) in [5, 5.41) is 56.2. The molecule has 6 N–H and O–H groups in total. The van der Waals surface area contributed by atoms with Gasteiger partial charge < -0.3 is 40.1 Å². The van der Waals surface area contributed by atoms with E-state index < -0.39 is 48.4 Å². The van der Waals surface area contributed by atoms with E-state index in [1.807, 2.05) is 0 Å². The Balaban J connectivity index is 2.04. The molecular formula is C15H16O10. The average Bonchev–Trinajstić information content (AvgIpc) is 2.56. The molecule has 25 heavy (non-hydrogen) atoms. The molecule has 1 heterocycles. The molecule has 1 saturated heterocycles. The second-order valence-corrected chi connectivity index (χ2v) is 5.25. The summed E-state index contributed by atoms with van der Waals surface area (Å²) >= 11 is 0. The zero-order valence-corrected chi connectivity index (χ0v) is 12.6. The highest BCUT2D eigenvalue weighted by atomic mass is 16.7. The van der Waals surface area contributed by atoms with Crippen molar-refractivity contribution in [2.24, 2.45) is 0 Å². The van der Waals surface area contributed by atoms with Crippen LogP contribution in [-0.4, -0.2) is 73.3 Å². The number of benzene rings is 1. The topological polar surface area (TPSA) is 174 Å². The molecule has 1 fully saturated rings. The van der Waals surface area contributed by atoms with Crippen molar-refractivity contribution in [3.63, 3.8) is 0 Å². The molecule has 136 valence electrons. The van der Waals surface area contributed by atoms with Gasteiger partial charge in [-0.2, -0.15) is 0 Å². The molecule has 0 spiro atoms. The Morgan fingerprint density at radius 3 is 2.32 bits per heavy atom. The van der Waals surface area contributed by atoms with Gasteiger partial charge in [0.2, 0.25) is 6.29 Å². The Labute approximate surface area is 140 Å². The van der Waals surface area contributed by atoms with E-state index in [0.717, 1.165) is 6.08 Å². The molecule has 2 rings (SSSR count). The lowest BCUT2D eigenvalue weighted by molar-refractivity contribution is -0.284. The summed E-state index contributed by atoms with van der Waals surface area (Å²) in [5.41, 5.74) is 0.344. The number of phenols is 2. The number of aliphatic hydroxyl groups excluding tert-OH is 3. The number of hydrogen-bond donors (Lipinski definition) is 6. The Morgan fingerprint density at radius 2 is 1.72 bits per heavy atom. The van der Waals surface area contributed by atoms with Crippen LogP contribution < -0.4 is 0 Å². The van der Waals surface area contributed by atoms with Gasteiger partial charge in [0.1, 0.15) is 18.3 Å². The van der Waals surface area contributed by atoms with Gasteiger partial charge in [-0.25, -0.2) is 9.59 Å². The van der Waals surface area contributed by atoms with E-state index in [2.05, 4.69) is 0 Å². The number of ether oxygens (including phenoxy) is 2. The maximum Gasteiger partial charge on any atom is 0.335 e. The van der Waals surface area contributed by atoms with E-state index in [1.165, 1.54) is 24.3 Å². The molecule has 0 bridgehead atoms. The standard InChI is InChI=1S/C15H16O10/c16-7-3-1-6(5-8(7)17)2-4-9(18)24-15-12(21)10(19)11(20)13(25-15)14(22)23/h1-5,10-13,15-17,19-21H,(H,22,23). The van der Waals surface area contributed by atoms with Gasteiger partial charge in [-0.1, -0.05) is 6.07 Å². The van der Waals surface area contributed by atoms with Crippen molar-refractivity contribution in [1.82, 2.24) is 0 Å². The zero-order chi connectivity index (χ0) is 18.7. The van der Waals surface area contributed by atoms with Crippen LogP contribution in [0.25, 0.3) is 6.08 Å². The van der Waals surface area contributed by atoms with Gasteiger partial charge in [0.15, 0.2) is 17.6 Å². The molecule has 1 aliphatic rings. The number of aliphatic carboxylic acids is 1. The van der Waals surface area contributed by atoms with Crippen molar-refractivity contribution >= 4 is 18.0 Å². The molecule has 10 nitrogen and oxygen atoms in total. The van der Waals surface area contributed by atoms with Crippen LogP contribution in [0.4, 0.5) is 0 Å². The Morgan fingerprint density at radius 1 is 1.04 bits per heavy atom. The van der Waals surface area contributed by atoms with Crippen molar-refractivity contribution in [3.8, 4) is 11.5 Å². The van der Waals surface area contributed by atoms with Crippen molar-refractivity contribution in [1.29, 1.82) is 0 Å². The molecule has 0 aromatic heterocycles. The Hall–Kier alpha value is -2.66. The van der Waals surface area contributed by atoms with Crippen molar-refractivity contribution in [3.05, 3.63) is 29.8 Å². The van der Waals surface area contributed by atoms with Crippen LogP contribution in [0.15, 0.2) is 24.3 Å². The molecular weight excluding hydrogens is 340 g/mol. The first-order chi connectivity index (χ1) is 11.7. The fraction of sp³-hybridized carbons (Fsp3) is 0.333. The molecule has 0 radical (unpaired) electrons. The third-order valence-corrected chi connectivity index (χ3v) is 3.46. The quantitative estimate of drug-likeness (QED) is 0.213. The van der Waals surface area contributed by atoms with Crippen LogP contribution in [0.5, 0.6) is 11.5 Å².